The van der Waals surface area contributed by atoms with E-state index in [0.29, 0.717) is 6.42 Å². The Kier molecular flexibility index (Phi) is 41.4. The number of hydrogen-bond donors (Lipinski definition) is 2. The number of phosphoric ester groups is 1. The molecule has 9 nitrogen and oxygen atoms in total. The zero-order valence-corrected chi connectivity index (χ0v) is 36.8. The monoisotopic (exact) mass is 802 g/mol. The predicted molar refractivity (Wildman–Crippen MR) is 229 cm³/mol. The van der Waals surface area contributed by atoms with Gasteiger partial charge in [-0.25, -0.2) is 4.57 Å². The van der Waals surface area contributed by atoms with Crippen LogP contribution in [0.25, 0.3) is 0 Å². The molecule has 55 heavy (non-hydrogen) atoms. The quantitative estimate of drug-likeness (QED) is 0.0267. The van der Waals surface area contributed by atoms with Gasteiger partial charge in [-0.15, -0.1) is 0 Å². The summed E-state index contributed by atoms with van der Waals surface area (Å²) in [5, 5.41) is 0. The SMILES string of the molecule is CCCCCCC/C=C\CCCCCCCC(=O)OC(COC(=O)CCCCCCCCCCCCCCCCCCCCCC)COP(=O)(O)OCCN. The van der Waals surface area contributed by atoms with E-state index in [9.17, 15) is 19.0 Å². The zero-order valence-electron chi connectivity index (χ0n) is 35.9. The van der Waals surface area contributed by atoms with Gasteiger partial charge in [0.25, 0.3) is 0 Å². The average molecular weight is 802 g/mol. The van der Waals surface area contributed by atoms with Gasteiger partial charge in [0.2, 0.25) is 0 Å². The largest absolute Gasteiger partial charge is 0.472 e. The molecule has 0 aliphatic rings. The molecule has 0 aromatic carbocycles. The summed E-state index contributed by atoms with van der Waals surface area (Å²) in [5.74, 6) is -0.826. The van der Waals surface area contributed by atoms with Gasteiger partial charge in [-0.3, -0.25) is 18.6 Å². The average Bonchev–Trinajstić information content (AvgIpc) is 3.17. The van der Waals surface area contributed by atoms with Gasteiger partial charge in [0.05, 0.1) is 13.2 Å². The van der Waals surface area contributed by atoms with Crippen LogP contribution in [0.3, 0.4) is 0 Å². The highest BCUT2D eigenvalue weighted by Crippen LogP contribution is 2.43. The smallest absolute Gasteiger partial charge is 0.462 e. The van der Waals surface area contributed by atoms with Crippen LogP contribution in [-0.4, -0.2) is 49.3 Å². The van der Waals surface area contributed by atoms with Gasteiger partial charge in [-0.1, -0.05) is 193 Å². The number of ether oxygens (including phenoxy) is 2. The van der Waals surface area contributed by atoms with E-state index in [0.717, 1.165) is 51.4 Å². The summed E-state index contributed by atoms with van der Waals surface area (Å²) in [6.45, 7) is 3.75. The van der Waals surface area contributed by atoms with Gasteiger partial charge in [-0.05, 0) is 38.5 Å². The molecule has 10 heteroatoms. The van der Waals surface area contributed by atoms with Crippen molar-refractivity contribution >= 4 is 19.8 Å². The summed E-state index contributed by atoms with van der Waals surface area (Å²) in [6.07, 6.45) is 43.9. The van der Waals surface area contributed by atoms with Crippen LogP contribution in [0.15, 0.2) is 12.2 Å². The maximum Gasteiger partial charge on any atom is 0.472 e. The second-order valence-corrected chi connectivity index (χ2v) is 17.1. The van der Waals surface area contributed by atoms with Crippen LogP contribution in [0.4, 0.5) is 0 Å². The molecule has 0 aliphatic carbocycles. The predicted octanol–water partition coefficient (Wildman–Crippen LogP) is 13.4. The standard InChI is InChI=1S/C45H88NO8P/c1-3-5-7-9-11-13-15-17-19-20-21-22-23-24-26-27-29-31-33-35-37-44(47)51-41-43(42-53-55(49,50)52-40-39-46)54-45(48)38-36-34-32-30-28-25-18-16-14-12-10-8-6-4-2/h16,18,43H,3-15,17,19-42,46H2,1-2H3,(H,49,50)/b18-16-. The van der Waals surface area contributed by atoms with E-state index in [1.807, 2.05) is 0 Å². The first kappa shape index (κ1) is 53.8. The molecular formula is C45H88NO8P. The normalized spacial score (nSPS) is 13.3. The van der Waals surface area contributed by atoms with Crippen molar-refractivity contribution in [1.82, 2.24) is 0 Å². The van der Waals surface area contributed by atoms with Crippen LogP contribution in [0.1, 0.15) is 232 Å². The summed E-state index contributed by atoms with van der Waals surface area (Å²) < 4.78 is 32.8. The molecule has 0 saturated heterocycles. The number of allylic oxidation sites excluding steroid dienone is 2. The first-order chi connectivity index (χ1) is 26.8. The van der Waals surface area contributed by atoms with Crippen LogP contribution >= 0.6 is 7.82 Å². The van der Waals surface area contributed by atoms with Crippen molar-refractivity contribution in [1.29, 1.82) is 0 Å². The molecule has 0 fully saturated rings. The maximum absolute atomic E-state index is 12.6. The molecule has 0 saturated carbocycles. The Labute approximate surface area is 339 Å². The van der Waals surface area contributed by atoms with E-state index in [1.165, 1.54) is 148 Å². The summed E-state index contributed by atoms with van der Waals surface area (Å²) >= 11 is 0. The Morgan fingerprint density at radius 3 is 1.29 bits per heavy atom. The third-order valence-corrected chi connectivity index (χ3v) is 11.1. The second kappa shape index (κ2) is 42.4. The number of phosphoric acid groups is 1. The molecule has 2 atom stereocenters. The van der Waals surface area contributed by atoms with E-state index in [1.54, 1.807) is 0 Å². The lowest BCUT2D eigenvalue weighted by molar-refractivity contribution is -0.161. The minimum absolute atomic E-state index is 0.0549. The third kappa shape index (κ3) is 42.2. The van der Waals surface area contributed by atoms with Gasteiger partial charge >= 0.3 is 19.8 Å². The molecule has 0 amide bonds. The maximum atomic E-state index is 12.6. The number of rotatable bonds is 44. The molecule has 0 radical (unpaired) electrons. The van der Waals surface area contributed by atoms with Gasteiger partial charge in [0.1, 0.15) is 6.61 Å². The number of esters is 2. The number of nitrogens with two attached hydrogens (primary N) is 1. The summed E-state index contributed by atoms with van der Waals surface area (Å²) in [7, 11) is -4.37. The number of carbonyl (C=O) groups excluding carboxylic acids is 2. The van der Waals surface area contributed by atoms with E-state index >= 15 is 0 Å². The van der Waals surface area contributed by atoms with Gasteiger partial charge in [0.15, 0.2) is 6.10 Å². The molecule has 0 bridgehead atoms. The highest BCUT2D eigenvalue weighted by atomic mass is 31.2. The number of carbonyl (C=O) groups is 2. The topological polar surface area (TPSA) is 134 Å². The lowest BCUT2D eigenvalue weighted by Gasteiger charge is -2.19. The molecule has 326 valence electrons. The van der Waals surface area contributed by atoms with Crippen molar-refractivity contribution in [3.8, 4) is 0 Å². The Morgan fingerprint density at radius 2 is 0.891 bits per heavy atom. The summed E-state index contributed by atoms with van der Waals surface area (Å²) in [4.78, 5) is 34.9. The highest BCUT2D eigenvalue weighted by Gasteiger charge is 2.26. The van der Waals surface area contributed by atoms with Gasteiger partial charge in [-0.2, -0.15) is 0 Å². The summed E-state index contributed by atoms with van der Waals surface area (Å²) in [5.41, 5.74) is 5.35. The molecule has 0 aromatic heterocycles. The molecule has 0 aliphatic heterocycles. The van der Waals surface area contributed by atoms with Crippen LogP contribution in [0, 0.1) is 0 Å². The lowest BCUT2D eigenvalue weighted by atomic mass is 10.0. The van der Waals surface area contributed by atoms with Crippen LogP contribution in [0.2, 0.25) is 0 Å². The Hall–Kier alpha value is -1.25. The molecule has 3 N–H and O–H groups in total. The molecular weight excluding hydrogens is 713 g/mol. The number of unbranched alkanes of at least 4 members (excludes halogenated alkanes) is 29. The van der Waals surface area contributed by atoms with E-state index < -0.39 is 26.5 Å². The van der Waals surface area contributed by atoms with E-state index in [2.05, 4.69) is 26.0 Å². The lowest BCUT2D eigenvalue weighted by Crippen LogP contribution is -2.29. The minimum Gasteiger partial charge on any atom is -0.462 e. The fraction of sp³-hybridized carbons (Fsp3) is 0.911. The molecule has 0 rings (SSSR count). The Morgan fingerprint density at radius 1 is 0.527 bits per heavy atom. The fourth-order valence-electron chi connectivity index (χ4n) is 6.69. The van der Waals surface area contributed by atoms with Crippen molar-refractivity contribution in [2.45, 2.75) is 238 Å². The van der Waals surface area contributed by atoms with Gasteiger partial charge in [0, 0.05) is 19.4 Å². The van der Waals surface area contributed by atoms with Crippen molar-refractivity contribution in [3.05, 3.63) is 12.2 Å². The van der Waals surface area contributed by atoms with E-state index in [4.69, 9.17) is 24.3 Å². The molecule has 2 unspecified atom stereocenters. The summed E-state index contributed by atoms with van der Waals surface area (Å²) in [6, 6.07) is 0. The van der Waals surface area contributed by atoms with Crippen LogP contribution < -0.4 is 5.73 Å². The van der Waals surface area contributed by atoms with Crippen molar-refractivity contribution in [2.24, 2.45) is 5.73 Å². The first-order valence-corrected chi connectivity index (χ1v) is 24.7. The highest BCUT2D eigenvalue weighted by molar-refractivity contribution is 7.47. The zero-order chi connectivity index (χ0) is 40.3. The molecule has 0 spiro atoms. The third-order valence-electron chi connectivity index (χ3n) is 10.2. The fourth-order valence-corrected chi connectivity index (χ4v) is 7.45. The van der Waals surface area contributed by atoms with E-state index in [-0.39, 0.29) is 38.6 Å². The first-order valence-electron chi connectivity index (χ1n) is 23.2. The van der Waals surface area contributed by atoms with Crippen LogP contribution in [0.5, 0.6) is 0 Å². The van der Waals surface area contributed by atoms with Crippen molar-refractivity contribution < 1.29 is 37.6 Å². The van der Waals surface area contributed by atoms with Crippen molar-refractivity contribution in [3.63, 3.8) is 0 Å². The Bertz CT molecular complexity index is 917. The van der Waals surface area contributed by atoms with Gasteiger partial charge < -0.3 is 20.1 Å². The second-order valence-electron chi connectivity index (χ2n) is 15.6. The molecule has 0 heterocycles. The molecule has 0 aromatic rings. The van der Waals surface area contributed by atoms with Crippen LogP contribution in [-0.2, 0) is 32.7 Å². The number of hydrogen-bond acceptors (Lipinski definition) is 8. The minimum atomic E-state index is -4.37. The van der Waals surface area contributed by atoms with Crippen molar-refractivity contribution in [2.75, 3.05) is 26.4 Å². The Balaban J connectivity index is 4.05.